The quantitative estimate of drug-likeness (QED) is 0.601. The molecule has 0 aliphatic rings. The Morgan fingerprint density at radius 1 is 1.19 bits per heavy atom. The molecule has 1 aromatic carbocycles. The summed E-state index contributed by atoms with van der Waals surface area (Å²) in [4.78, 5) is 28.7. The van der Waals surface area contributed by atoms with Gasteiger partial charge >= 0.3 is 5.97 Å². The number of nitrogens with zero attached hydrogens (tertiary/aromatic N) is 2. The fraction of sp³-hybridized carbons (Fsp3) is 0.286. The summed E-state index contributed by atoms with van der Waals surface area (Å²) >= 11 is 0. The van der Waals surface area contributed by atoms with Crippen LogP contribution in [0.3, 0.4) is 0 Å². The number of para-hydroxylation sites is 1. The zero-order valence-corrected chi connectivity index (χ0v) is 15.5. The number of fused-ring (bicyclic) bond motifs is 1. The molecule has 0 bridgehead atoms. The molecule has 0 fully saturated rings. The van der Waals surface area contributed by atoms with Crippen LogP contribution in [0.25, 0.3) is 5.65 Å². The van der Waals surface area contributed by atoms with Crippen molar-refractivity contribution in [1.82, 2.24) is 9.38 Å². The van der Waals surface area contributed by atoms with Crippen LogP contribution in [0.1, 0.15) is 30.2 Å². The van der Waals surface area contributed by atoms with Gasteiger partial charge in [0.2, 0.25) is 0 Å². The zero-order valence-electron chi connectivity index (χ0n) is 15.5. The number of benzene rings is 1. The van der Waals surface area contributed by atoms with Gasteiger partial charge in [0.05, 0.1) is 12.3 Å². The Hall–Kier alpha value is -3.15. The monoisotopic (exact) mass is 366 g/mol. The number of hydrogen-bond donors (Lipinski definition) is 0. The van der Waals surface area contributed by atoms with E-state index in [1.54, 1.807) is 12.3 Å². The standard InChI is InChI=1S/C21H22N2O4/c1-3-26-18-9-5-4-8-16(18)10-11-20(25)27-14-17-13-19(24)23-12-6-7-15(2)21(23)22-17/h4-9,12-13H,3,10-11,14H2,1-2H3. The van der Waals surface area contributed by atoms with Crippen LogP contribution in [0.2, 0.25) is 0 Å². The maximum Gasteiger partial charge on any atom is 0.306 e. The molecule has 0 saturated heterocycles. The fourth-order valence-corrected chi connectivity index (χ4v) is 2.85. The second kappa shape index (κ2) is 8.49. The second-order valence-electron chi connectivity index (χ2n) is 6.17. The summed E-state index contributed by atoms with van der Waals surface area (Å²) < 4.78 is 12.3. The van der Waals surface area contributed by atoms with E-state index in [9.17, 15) is 9.59 Å². The highest BCUT2D eigenvalue weighted by Gasteiger charge is 2.10. The third-order valence-electron chi connectivity index (χ3n) is 4.19. The molecule has 6 nitrogen and oxygen atoms in total. The molecule has 140 valence electrons. The molecule has 0 saturated carbocycles. The lowest BCUT2D eigenvalue weighted by molar-refractivity contribution is -0.145. The first kappa shape index (κ1) is 18.6. The Bertz CT molecular complexity index is 1010. The van der Waals surface area contributed by atoms with Crippen molar-refractivity contribution >= 4 is 11.6 Å². The lowest BCUT2D eigenvalue weighted by atomic mass is 10.1. The number of carbonyl (C=O) groups excluding carboxylic acids is 1. The maximum absolute atomic E-state index is 12.2. The topological polar surface area (TPSA) is 69.9 Å². The van der Waals surface area contributed by atoms with E-state index in [0.29, 0.717) is 24.4 Å². The molecule has 6 heteroatoms. The molecule has 0 unspecified atom stereocenters. The molecule has 3 rings (SSSR count). The van der Waals surface area contributed by atoms with Crippen LogP contribution in [-0.2, 0) is 22.6 Å². The Balaban J connectivity index is 1.62. The average molecular weight is 366 g/mol. The summed E-state index contributed by atoms with van der Waals surface area (Å²) in [6.45, 7) is 4.36. The van der Waals surface area contributed by atoms with Crippen molar-refractivity contribution in [2.45, 2.75) is 33.3 Å². The van der Waals surface area contributed by atoms with Crippen molar-refractivity contribution in [2.24, 2.45) is 0 Å². The van der Waals surface area contributed by atoms with Crippen molar-refractivity contribution in [3.8, 4) is 5.75 Å². The van der Waals surface area contributed by atoms with E-state index in [4.69, 9.17) is 9.47 Å². The van der Waals surface area contributed by atoms with Gasteiger partial charge in [-0.1, -0.05) is 24.3 Å². The molecule has 0 aliphatic heterocycles. The van der Waals surface area contributed by atoms with Crippen molar-refractivity contribution in [1.29, 1.82) is 0 Å². The number of aromatic nitrogens is 2. The van der Waals surface area contributed by atoms with Crippen molar-refractivity contribution in [2.75, 3.05) is 6.61 Å². The van der Waals surface area contributed by atoms with E-state index in [0.717, 1.165) is 16.9 Å². The predicted octanol–water partition coefficient (Wildman–Crippen LogP) is 3.08. The van der Waals surface area contributed by atoms with Crippen LogP contribution in [0.5, 0.6) is 5.75 Å². The van der Waals surface area contributed by atoms with Gasteiger partial charge < -0.3 is 9.47 Å². The van der Waals surface area contributed by atoms with Gasteiger partial charge in [-0.05, 0) is 43.5 Å². The average Bonchev–Trinajstić information content (AvgIpc) is 2.67. The van der Waals surface area contributed by atoms with E-state index < -0.39 is 0 Å². The minimum atomic E-state index is -0.340. The molecule has 0 radical (unpaired) electrons. The van der Waals surface area contributed by atoms with Crippen molar-refractivity contribution < 1.29 is 14.3 Å². The first-order valence-electron chi connectivity index (χ1n) is 8.92. The van der Waals surface area contributed by atoms with Crippen LogP contribution in [-0.4, -0.2) is 22.0 Å². The molecular weight excluding hydrogens is 344 g/mol. The summed E-state index contributed by atoms with van der Waals surface area (Å²) in [5.74, 6) is 0.445. The van der Waals surface area contributed by atoms with Crippen molar-refractivity contribution in [3.63, 3.8) is 0 Å². The Morgan fingerprint density at radius 3 is 2.81 bits per heavy atom. The van der Waals surface area contributed by atoms with Gasteiger partial charge in [0.1, 0.15) is 18.0 Å². The van der Waals surface area contributed by atoms with Crippen LogP contribution >= 0.6 is 0 Å². The van der Waals surface area contributed by atoms with Crippen LogP contribution in [0.15, 0.2) is 53.5 Å². The van der Waals surface area contributed by atoms with Gasteiger partial charge in [0.25, 0.3) is 5.56 Å². The second-order valence-corrected chi connectivity index (χ2v) is 6.17. The highest BCUT2D eigenvalue weighted by Crippen LogP contribution is 2.19. The Labute approximate surface area is 157 Å². The van der Waals surface area contributed by atoms with Gasteiger partial charge in [-0.15, -0.1) is 0 Å². The molecular formula is C21H22N2O4. The largest absolute Gasteiger partial charge is 0.494 e. The first-order chi connectivity index (χ1) is 13.1. The van der Waals surface area contributed by atoms with E-state index in [1.165, 1.54) is 10.5 Å². The van der Waals surface area contributed by atoms with E-state index in [-0.39, 0.29) is 24.6 Å². The molecule has 0 N–H and O–H groups in total. The third kappa shape index (κ3) is 4.53. The summed E-state index contributed by atoms with van der Waals surface area (Å²) in [7, 11) is 0. The zero-order chi connectivity index (χ0) is 19.2. The normalized spacial score (nSPS) is 10.7. The molecule has 27 heavy (non-hydrogen) atoms. The van der Waals surface area contributed by atoms with Crippen LogP contribution in [0, 0.1) is 6.92 Å². The highest BCUT2D eigenvalue weighted by atomic mass is 16.5. The Kier molecular flexibility index (Phi) is 5.86. The molecule has 0 atom stereocenters. The summed E-state index contributed by atoms with van der Waals surface area (Å²) in [6.07, 6.45) is 2.43. The summed E-state index contributed by atoms with van der Waals surface area (Å²) in [5, 5.41) is 0. The van der Waals surface area contributed by atoms with Gasteiger partial charge in [-0.25, -0.2) is 4.98 Å². The van der Waals surface area contributed by atoms with Crippen LogP contribution in [0.4, 0.5) is 0 Å². The van der Waals surface area contributed by atoms with E-state index >= 15 is 0 Å². The van der Waals surface area contributed by atoms with Gasteiger partial charge in [-0.2, -0.15) is 0 Å². The maximum atomic E-state index is 12.2. The minimum absolute atomic E-state index is 0.0218. The van der Waals surface area contributed by atoms with E-state index in [2.05, 4.69) is 4.98 Å². The number of esters is 1. The SMILES string of the molecule is CCOc1ccccc1CCC(=O)OCc1cc(=O)n2cccc(C)c2n1. The molecule has 2 heterocycles. The van der Waals surface area contributed by atoms with Crippen LogP contribution < -0.4 is 10.3 Å². The first-order valence-corrected chi connectivity index (χ1v) is 8.92. The number of rotatable bonds is 7. The molecule has 0 spiro atoms. The number of pyridine rings is 1. The number of hydrogen-bond acceptors (Lipinski definition) is 5. The molecule has 0 amide bonds. The van der Waals surface area contributed by atoms with Gasteiger partial charge in [0, 0.05) is 18.7 Å². The van der Waals surface area contributed by atoms with Crippen molar-refractivity contribution in [3.05, 3.63) is 75.8 Å². The predicted molar refractivity (Wildman–Crippen MR) is 102 cm³/mol. The van der Waals surface area contributed by atoms with E-state index in [1.807, 2.05) is 44.2 Å². The lowest BCUT2D eigenvalue weighted by Crippen LogP contribution is -2.17. The van der Waals surface area contributed by atoms with Gasteiger partial charge in [-0.3, -0.25) is 14.0 Å². The van der Waals surface area contributed by atoms with Gasteiger partial charge in [0.15, 0.2) is 0 Å². The third-order valence-corrected chi connectivity index (χ3v) is 4.19. The highest BCUT2D eigenvalue weighted by molar-refractivity contribution is 5.69. The minimum Gasteiger partial charge on any atom is -0.494 e. The molecule has 3 aromatic rings. The number of aryl methyl sites for hydroxylation is 2. The Morgan fingerprint density at radius 2 is 2.00 bits per heavy atom. The molecule has 2 aromatic heterocycles. The number of ether oxygens (including phenoxy) is 2. The summed E-state index contributed by atoms with van der Waals surface area (Å²) in [5.41, 5.74) is 2.67. The number of carbonyl (C=O) groups is 1. The fourth-order valence-electron chi connectivity index (χ4n) is 2.85. The molecule has 0 aliphatic carbocycles. The lowest BCUT2D eigenvalue weighted by Gasteiger charge is -2.10. The smallest absolute Gasteiger partial charge is 0.306 e. The summed E-state index contributed by atoms with van der Waals surface area (Å²) in [6, 6.07) is 12.7.